The van der Waals surface area contributed by atoms with E-state index >= 15 is 0 Å². The van der Waals surface area contributed by atoms with Crippen LogP contribution < -0.4 is 38.1 Å². The van der Waals surface area contributed by atoms with E-state index in [2.05, 4.69) is 26.6 Å². The Morgan fingerprint density at radius 1 is 0.828 bits per heavy atom. The number of ketones is 1. The highest BCUT2D eigenvalue weighted by Crippen LogP contribution is 2.59. The van der Waals surface area contributed by atoms with E-state index in [1.165, 1.54) is 40.0 Å². The largest absolute Gasteiger partial charge is 0.444 e. The summed E-state index contributed by atoms with van der Waals surface area (Å²) in [6, 6.07) is 4.08. The molecule has 1 aliphatic rings. The average Bonchev–Trinajstić information content (AvgIpc) is 3.65. The first-order chi connectivity index (χ1) is 26.7. The lowest BCUT2D eigenvalue weighted by Crippen LogP contribution is -2.70. The van der Waals surface area contributed by atoms with Crippen molar-refractivity contribution in [2.24, 2.45) is 23.3 Å². The number of alkyl carbamates (subject to hydrolysis) is 1. The van der Waals surface area contributed by atoms with E-state index in [0.717, 1.165) is 0 Å². The predicted octanol–water partition coefficient (Wildman–Crippen LogP) is 1.27. The number of benzene rings is 1. The number of hydrogen-bond acceptors (Lipinski definition) is 12. The molecule has 18 nitrogen and oxygen atoms in total. The summed E-state index contributed by atoms with van der Waals surface area (Å²) in [5.41, 5.74) is 5.14. The van der Waals surface area contributed by atoms with Gasteiger partial charge in [-0.2, -0.15) is 0 Å². The van der Waals surface area contributed by atoms with Crippen LogP contribution in [0.15, 0.2) is 30.3 Å². The quantitative estimate of drug-likeness (QED) is 0.0556. The van der Waals surface area contributed by atoms with Crippen molar-refractivity contribution in [2.75, 3.05) is 13.7 Å². The number of nitrogens with two attached hydrogens (primary N) is 2. The lowest BCUT2D eigenvalue weighted by Gasteiger charge is -2.43. The summed E-state index contributed by atoms with van der Waals surface area (Å²) in [5, 5.41) is 21.3. The highest BCUT2D eigenvalue weighted by Gasteiger charge is 2.61. The van der Waals surface area contributed by atoms with E-state index in [-0.39, 0.29) is 18.4 Å². The maximum absolute atomic E-state index is 14.8. The number of rotatable bonds is 19. The SMILES string of the molecule is COC(C)(NC(=O)[C@H](C)NC(=O)[C@H](C)NC(=O)[C@](CO)(NC(=O)OC(C)(C)C)c1ccccc1)[PH](=O)C1(C(=O)[C@@](N)(C(=O)N[C@H](C(N)=O)C(C)C)C(C)C)CCCC1. The second kappa shape index (κ2) is 19.6. The molecule has 1 saturated carbocycles. The third kappa shape index (κ3) is 11.0. The second-order valence-electron chi connectivity index (χ2n) is 16.8. The van der Waals surface area contributed by atoms with Gasteiger partial charge in [0, 0.05) is 7.11 Å². The molecule has 7 atom stereocenters. The van der Waals surface area contributed by atoms with Gasteiger partial charge in [0.15, 0.2) is 22.3 Å². The van der Waals surface area contributed by atoms with Crippen LogP contribution in [0.5, 0.6) is 0 Å². The molecule has 326 valence electrons. The number of ether oxygens (including phenoxy) is 2. The molecule has 0 spiro atoms. The number of aliphatic hydroxyl groups is 1. The van der Waals surface area contributed by atoms with Crippen LogP contribution in [0, 0.1) is 11.8 Å². The number of aliphatic hydroxyl groups excluding tert-OH is 1. The number of carbonyl (C=O) groups excluding carboxylic acids is 7. The Bertz CT molecular complexity index is 1710. The van der Waals surface area contributed by atoms with Crippen LogP contribution in [0.1, 0.15) is 100 Å². The fourth-order valence-corrected chi connectivity index (χ4v) is 9.40. The molecule has 58 heavy (non-hydrogen) atoms. The topological polar surface area (TPSA) is 287 Å². The highest BCUT2D eigenvalue weighted by molar-refractivity contribution is 7.49. The average molecular weight is 838 g/mol. The third-order valence-electron chi connectivity index (χ3n) is 10.6. The van der Waals surface area contributed by atoms with E-state index in [1.807, 2.05) is 0 Å². The number of nitrogens with one attached hydrogen (secondary N) is 5. The van der Waals surface area contributed by atoms with Crippen molar-refractivity contribution in [2.45, 2.75) is 140 Å². The summed E-state index contributed by atoms with van der Waals surface area (Å²) in [6.45, 7) is 14.4. The van der Waals surface area contributed by atoms with E-state index in [4.69, 9.17) is 20.9 Å². The van der Waals surface area contributed by atoms with Crippen LogP contribution in [0.25, 0.3) is 0 Å². The Morgan fingerprint density at radius 2 is 1.36 bits per heavy atom. The molecule has 0 saturated heterocycles. The fourth-order valence-electron chi connectivity index (χ4n) is 6.84. The van der Waals surface area contributed by atoms with E-state index in [0.29, 0.717) is 12.8 Å². The highest BCUT2D eigenvalue weighted by atomic mass is 31.1. The number of Topliss-reactive ketones (excluding diaryl/α,β-unsaturated/α-hetero) is 1. The van der Waals surface area contributed by atoms with Gasteiger partial charge < -0.3 is 57.2 Å². The predicted molar refractivity (Wildman–Crippen MR) is 216 cm³/mol. The molecule has 0 radical (unpaired) electrons. The maximum Gasteiger partial charge on any atom is 0.408 e. The summed E-state index contributed by atoms with van der Waals surface area (Å²) in [4.78, 5) is 94.2. The molecule has 10 N–H and O–H groups in total. The van der Waals surface area contributed by atoms with Gasteiger partial charge in [0.25, 0.3) is 5.91 Å². The minimum atomic E-state index is -3.42. The van der Waals surface area contributed by atoms with Gasteiger partial charge in [-0.1, -0.05) is 70.9 Å². The molecule has 6 amide bonds. The second-order valence-corrected chi connectivity index (χ2v) is 19.3. The van der Waals surface area contributed by atoms with Crippen molar-refractivity contribution in [3.05, 3.63) is 35.9 Å². The molecule has 0 aliphatic heterocycles. The van der Waals surface area contributed by atoms with Gasteiger partial charge in [-0.15, -0.1) is 0 Å². The van der Waals surface area contributed by atoms with Crippen LogP contribution in [0.3, 0.4) is 0 Å². The van der Waals surface area contributed by atoms with Gasteiger partial charge in [-0.25, -0.2) is 4.79 Å². The van der Waals surface area contributed by atoms with Crippen LogP contribution in [0.2, 0.25) is 0 Å². The molecule has 0 bridgehead atoms. The standard InChI is InChI=1S/C39H64N7O11P/c1-22(2)27(28(40)48)44-33(53)39(41,23(3)4)31(51)37(19-15-16-20-37)58(55)36(10,56-11)45-30(50)25(6)42-29(49)24(5)43-32(52)38(21-47,26-17-13-12-14-18-26)46-34(54)57-35(7,8)9/h12-14,17-18,22-25,27,47,58H,15-16,19-21,41H2,1-11H3,(H2,40,48)(H,42,49)(H,43,52)(H,44,53)(H,45,50)(H,46,54)/t24-,25-,27-,36?,38+,39+/m0/s1. The Kier molecular flexibility index (Phi) is 16.8. The van der Waals surface area contributed by atoms with Crippen molar-refractivity contribution < 1.29 is 52.7 Å². The fraction of sp³-hybridized carbons (Fsp3) is 0.667. The lowest BCUT2D eigenvalue weighted by molar-refractivity contribution is -0.142. The van der Waals surface area contributed by atoms with Gasteiger partial charge in [-0.3, -0.25) is 28.8 Å². The first kappa shape index (κ1) is 49.8. The summed E-state index contributed by atoms with van der Waals surface area (Å²) in [7, 11) is -2.23. The zero-order valence-corrected chi connectivity index (χ0v) is 36.5. The zero-order valence-electron chi connectivity index (χ0n) is 35.5. The van der Waals surface area contributed by atoms with Gasteiger partial charge in [0.05, 0.1) is 11.8 Å². The number of carbonyl (C=O) groups is 7. The summed E-state index contributed by atoms with van der Waals surface area (Å²) in [5.74, 6) is -6.49. The summed E-state index contributed by atoms with van der Waals surface area (Å²) < 4.78 is 25.7. The first-order valence-corrected chi connectivity index (χ1v) is 20.7. The molecule has 0 aromatic heterocycles. The summed E-state index contributed by atoms with van der Waals surface area (Å²) in [6.07, 6.45) is 0.0770. The Labute approximate surface area is 341 Å². The maximum atomic E-state index is 14.8. The van der Waals surface area contributed by atoms with Crippen LogP contribution >= 0.6 is 7.80 Å². The molecule has 19 heteroatoms. The smallest absolute Gasteiger partial charge is 0.408 e. The van der Waals surface area contributed by atoms with Crippen LogP contribution in [-0.4, -0.2) is 100 Å². The number of primary amides is 1. The van der Waals surface area contributed by atoms with Crippen LogP contribution in [0.4, 0.5) is 4.79 Å². The Balaban J connectivity index is 2.34. The minimum absolute atomic E-state index is 0.0748. The molecule has 1 aromatic carbocycles. The van der Waals surface area contributed by atoms with Crippen molar-refractivity contribution in [3.63, 3.8) is 0 Å². The lowest BCUT2D eigenvalue weighted by atomic mass is 9.76. The van der Waals surface area contributed by atoms with Crippen molar-refractivity contribution >= 4 is 49.2 Å². The molecular weight excluding hydrogens is 773 g/mol. The van der Waals surface area contributed by atoms with Crippen molar-refractivity contribution in [1.82, 2.24) is 26.6 Å². The van der Waals surface area contributed by atoms with Gasteiger partial charge in [0.1, 0.15) is 31.5 Å². The van der Waals surface area contributed by atoms with Crippen molar-refractivity contribution in [3.8, 4) is 0 Å². The number of amides is 6. The summed E-state index contributed by atoms with van der Waals surface area (Å²) >= 11 is 0. The molecular formula is C39H64N7O11P. The van der Waals surface area contributed by atoms with Gasteiger partial charge in [0.2, 0.25) is 23.6 Å². The molecule has 0 heterocycles. The Hall–Kier alpha value is -4.38. The number of hydrogen-bond donors (Lipinski definition) is 8. The molecule has 1 aliphatic carbocycles. The molecule has 2 unspecified atom stereocenters. The van der Waals surface area contributed by atoms with Crippen molar-refractivity contribution in [1.29, 1.82) is 0 Å². The molecule has 1 fully saturated rings. The van der Waals surface area contributed by atoms with Crippen LogP contribution in [-0.2, 0) is 48.3 Å². The van der Waals surface area contributed by atoms with Gasteiger partial charge >= 0.3 is 6.09 Å². The molecule has 1 aromatic rings. The zero-order chi connectivity index (χ0) is 44.6. The monoisotopic (exact) mass is 837 g/mol. The van der Waals surface area contributed by atoms with E-state index in [1.54, 1.807) is 66.7 Å². The third-order valence-corrected chi connectivity index (χ3v) is 13.3. The Morgan fingerprint density at radius 3 is 1.81 bits per heavy atom. The first-order valence-electron chi connectivity index (χ1n) is 19.3. The minimum Gasteiger partial charge on any atom is -0.444 e. The van der Waals surface area contributed by atoms with Gasteiger partial charge in [-0.05, 0) is 71.8 Å². The van der Waals surface area contributed by atoms with E-state index in [9.17, 15) is 43.2 Å². The van der Waals surface area contributed by atoms with E-state index < -0.39 is 113 Å². The molecule has 2 rings (SSSR count). The normalized spacial score (nSPS) is 19.2. The number of methoxy groups -OCH3 is 1.